The van der Waals surface area contributed by atoms with E-state index in [0.29, 0.717) is 50.7 Å². The Hall–Kier alpha value is -2.17. The van der Waals surface area contributed by atoms with Gasteiger partial charge in [-0.15, -0.1) is 0 Å². The molecule has 4 rings (SSSR count). The van der Waals surface area contributed by atoms with E-state index in [0.717, 1.165) is 36.9 Å². The summed E-state index contributed by atoms with van der Waals surface area (Å²) < 4.78 is 32.9. The maximum Gasteiger partial charge on any atom is 0.410 e. The molecule has 0 radical (unpaired) electrons. The number of aryl methyl sites for hydroxylation is 1. The van der Waals surface area contributed by atoms with Gasteiger partial charge >= 0.3 is 6.09 Å². The fraction of sp³-hybridized carbons (Fsp3) is 0.667. The van der Waals surface area contributed by atoms with Gasteiger partial charge in [-0.3, -0.25) is 9.69 Å². The molecule has 10 heteroatoms. The lowest BCUT2D eigenvalue weighted by Crippen LogP contribution is -2.52. The van der Waals surface area contributed by atoms with Gasteiger partial charge in [0.25, 0.3) is 0 Å². The van der Waals surface area contributed by atoms with Crippen LogP contribution in [0.5, 0.6) is 0 Å². The first kappa shape index (κ1) is 24.9. The average Bonchev–Trinajstić information content (AvgIpc) is 3.33. The Morgan fingerprint density at radius 1 is 0.941 bits per heavy atom. The number of rotatable bonds is 4. The first-order valence-corrected chi connectivity index (χ1v) is 13.6. The maximum absolute atomic E-state index is 13.2. The van der Waals surface area contributed by atoms with Crippen LogP contribution in [0.3, 0.4) is 0 Å². The molecule has 34 heavy (non-hydrogen) atoms. The van der Waals surface area contributed by atoms with Gasteiger partial charge in [0.2, 0.25) is 15.9 Å². The van der Waals surface area contributed by atoms with Crippen molar-refractivity contribution in [3.8, 4) is 0 Å². The number of sulfonamides is 1. The first-order chi connectivity index (χ1) is 16.0. The van der Waals surface area contributed by atoms with E-state index in [4.69, 9.17) is 4.74 Å². The molecule has 2 fully saturated rings. The molecule has 3 aliphatic heterocycles. The fourth-order valence-electron chi connectivity index (χ4n) is 4.76. The molecule has 0 aliphatic carbocycles. The Bertz CT molecular complexity index is 1020. The summed E-state index contributed by atoms with van der Waals surface area (Å²) in [7, 11) is -3.48. The van der Waals surface area contributed by atoms with Crippen molar-refractivity contribution in [3.63, 3.8) is 0 Å². The zero-order chi connectivity index (χ0) is 24.5. The quantitative estimate of drug-likeness (QED) is 0.641. The maximum atomic E-state index is 13.2. The summed E-state index contributed by atoms with van der Waals surface area (Å²) in [5, 5.41) is 0. The summed E-state index contributed by atoms with van der Waals surface area (Å²) in [5.74, 6) is 0.00168. The predicted molar refractivity (Wildman–Crippen MR) is 129 cm³/mol. The van der Waals surface area contributed by atoms with Crippen molar-refractivity contribution in [1.29, 1.82) is 0 Å². The summed E-state index contributed by atoms with van der Waals surface area (Å²) in [5.41, 5.74) is 1.19. The monoisotopic (exact) mass is 492 g/mol. The van der Waals surface area contributed by atoms with Crippen LogP contribution in [0.4, 0.5) is 10.5 Å². The minimum Gasteiger partial charge on any atom is -0.444 e. The number of fused-ring (bicyclic) bond motifs is 1. The van der Waals surface area contributed by atoms with E-state index >= 15 is 0 Å². The number of hydrogen-bond donors (Lipinski definition) is 0. The molecule has 0 bridgehead atoms. The second kappa shape index (κ2) is 9.83. The third kappa shape index (κ3) is 5.55. The average molecular weight is 493 g/mol. The number of anilines is 1. The molecule has 3 aliphatic rings. The molecule has 0 atom stereocenters. The SMILES string of the molecule is CC(C)(C)OC(=O)N1CCN(CC(=O)N2CCCc3cc(S(=O)(=O)N4CCCC4)ccc32)CC1. The predicted octanol–water partition coefficient (Wildman–Crippen LogP) is 2.30. The van der Waals surface area contributed by atoms with Crippen molar-refractivity contribution in [2.24, 2.45) is 0 Å². The van der Waals surface area contributed by atoms with Crippen molar-refractivity contribution in [3.05, 3.63) is 23.8 Å². The topological polar surface area (TPSA) is 90.5 Å². The number of carbonyl (C=O) groups is 2. The molecule has 188 valence electrons. The lowest BCUT2D eigenvalue weighted by molar-refractivity contribution is -0.120. The molecule has 3 heterocycles. The highest BCUT2D eigenvalue weighted by molar-refractivity contribution is 7.89. The van der Waals surface area contributed by atoms with Gasteiger partial charge in [-0.1, -0.05) is 0 Å². The van der Waals surface area contributed by atoms with E-state index in [9.17, 15) is 18.0 Å². The molecule has 0 saturated carbocycles. The minimum absolute atomic E-state index is 0.00168. The van der Waals surface area contributed by atoms with E-state index in [1.54, 1.807) is 32.3 Å². The van der Waals surface area contributed by atoms with Crippen molar-refractivity contribution < 1.29 is 22.7 Å². The van der Waals surface area contributed by atoms with Gasteiger partial charge in [0.15, 0.2) is 0 Å². The van der Waals surface area contributed by atoms with E-state index in [1.165, 1.54) is 0 Å². The molecule has 0 aromatic heterocycles. The van der Waals surface area contributed by atoms with E-state index in [-0.39, 0.29) is 18.5 Å². The van der Waals surface area contributed by atoms with Gasteiger partial charge in [-0.2, -0.15) is 4.31 Å². The second-order valence-electron chi connectivity index (χ2n) is 10.3. The van der Waals surface area contributed by atoms with Crippen molar-refractivity contribution >= 4 is 27.7 Å². The number of benzene rings is 1. The highest BCUT2D eigenvalue weighted by atomic mass is 32.2. The molecule has 9 nitrogen and oxygen atoms in total. The van der Waals surface area contributed by atoms with Crippen LogP contribution < -0.4 is 4.90 Å². The molecule has 0 spiro atoms. The number of hydrogen-bond acceptors (Lipinski definition) is 6. The van der Waals surface area contributed by atoms with E-state index in [1.807, 2.05) is 20.8 Å². The number of piperazine rings is 1. The standard InChI is InChI=1S/C24H36N4O5S/c1-24(2,3)33-23(30)26-15-13-25(14-16-26)18-22(29)28-12-6-7-19-17-20(8-9-21(19)28)34(31,32)27-10-4-5-11-27/h8-9,17H,4-7,10-16,18H2,1-3H3. The number of amides is 2. The van der Waals surface area contributed by atoms with Crippen LogP contribution in [0.1, 0.15) is 45.6 Å². The zero-order valence-corrected chi connectivity index (χ0v) is 21.3. The Morgan fingerprint density at radius 2 is 1.62 bits per heavy atom. The molecular formula is C24H36N4O5S. The number of carbonyl (C=O) groups excluding carboxylic acids is 2. The Kier molecular flexibility index (Phi) is 7.21. The normalized spacial score (nSPS) is 20.3. The Balaban J connectivity index is 1.38. The Morgan fingerprint density at radius 3 is 2.26 bits per heavy atom. The summed E-state index contributed by atoms with van der Waals surface area (Å²) in [4.78, 5) is 31.3. The van der Waals surface area contributed by atoms with Crippen LogP contribution in [0.15, 0.2) is 23.1 Å². The molecular weight excluding hydrogens is 456 g/mol. The summed E-state index contributed by atoms with van der Waals surface area (Å²) in [6, 6.07) is 5.18. The van der Waals surface area contributed by atoms with Gasteiger partial charge in [0.1, 0.15) is 5.60 Å². The molecule has 1 aromatic carbocycles. The lowest BCUT2D eigenvalue weighted by atomic mass is 10.0. The second-order valence-corrected chi connectivity index (χ2v) is 12.2. The summed E-state index contributed by atoms with van der Waals surface area (Å²) in [6.45, 7) is 9.86. The molecule has 2 saturated heterocycles. The van der Waals surface area contributed by atoms with Gasteiger partial charge in [-0.05, 0) is 70.2 Å². The van der Waals surface area contributed by atoms with E-state index in [2.05, 4.69) is 4.90 Å². The third-order valence-electron chi connectivity index (χ3n) is 6.56. The molecule has 0 N–H and O–H groups in total. The minimum atomic E-state index is -3.48. The summed E-state index contributed by atoms with van der Waals surface area (Å²) in [6.07, 6.45) is 3.05. The van der Waals surface area contributed by atoms with Crippen LogP contribution in [-0.4, -0.2) is 92.5 Å². The van der Waals surface area contributed by atoms with Crippen LogP contribution in [0.25, 0.3) is 0 Å². The number of ether oxygens (including phenoxy) is 1. The lowest BCUT2D eigenvalue weighted by Gasteiger charge is -2.37. The van der Waals surface area contributed by atoms with Crippen LogP contribution in [-0.2, 0) is 26.0 Å². The van der Waals surface area contributed by atoms with Crippen molar-refractivity contribution in [2.75, 3.05) is 57.3 Å². The Labute approximate surface area is 202 Å². The van der Waals surface area contributed by atoms with Crippen LogP contribution in [0, 0.1) is 0 Å². The van der Waals surface area contributed by atoms with Crippen molar-refractivity contribution in [2.45, 2.75) is 57.0 Å². The van der Waals surface area contributed by atoms with Crippen molar-refractivity contribution in [1.82, 2.24) is 14.1 Å². The van der Waals surface area contributed by atoms with Gasteiger partial charge in [-0.25, -0.2) is 13.2 Å². The smallest absolute Gasteiger partial charge is 0.410 e. The third-order valence-corrected chi connectivity index (χ3v) is 8.45. The van der Waals surface area contributed by atoms with Gasteiger partial charge in [0, 0.05) is 51.5 Å². The zero-order valence-electron chi connectivity index (χ0n) is 20.5. The highest BCUT2D eigenvalue weighted by Gasteiger charge is 2.31. The molecule has 1 aromatic rings. The van der Waals surface area contributed by atoms with Crippen LogP contribution >= 0.6 is 0 Å². The largest absolute Gasteiger partial charge is 0.444 e. The number of nitrogens with zero attached hydrogens (tertiary/aromatic N) is 4. The fourth-order valence-corrected chi connectivity index (χ4v) is 6.33. The van der Waals surface area contributed by atoms with E-state index < -0.39 is 15.6 Å². The van der Waals surface area contributed by atoms with Crippen LogP contribution in [0.2, 0.25) is 0 Å². The first-order valence-electron chi connectivity index (χ1n) is 12.2. The molecule has 2 amide bonds. The summed E-state index contributed by atoms with van der Waals surface area (Å²) >= 11 is 0. The molecule has 0 unspecified atom stereocenters. The van der Waals surface area contributed by atoms with Gasteiger partial charge in [0.05, 0.1) is 11.4 Å². The van der Waals surface area contributed by atoms with Gasteiger partial charge < -0.3 is 14.5 Å². The highest BCUT2D eigenvalue weighted by Crippen LogP contribution is 2.31.